The van der Waals surface area contributed by atoms with Crippen LogP contribution in [-0.2, 0) is 6.54 Å². The summed E-state index contributed by atoms with van der Waals surface area (Å²) >= 11 is 0. The van der Waals surface area contributed by atoms with Gasteiger partial charge in [-0.25, -0.2) is 14.2 Å². The molecule has 1 atom stereocenters. The number of likely N-dealkylation sites (tertiary alicyclic amines) is 1. The molecule has 26 heavy (non-hydrogen) atoms. The van der Waals surface area contributed by atoms with Gasteiger partial charge in [0.05, 0.1) is 0 Å². The highest BCUT2D eigenvalue weighted by molar-refractivity contribution is 5.90. The van der Waals surface area contributed by atoms with E-state index in [9.17, 15) is 9.18 Å². The first-order chi connectivity index (χ1) is 12.6. The van der Waals surface area contributed by atoms with Crippen LogP contribution in [0, 0.1) is 0 Å². The largest absolute Gasteiger partial charge is 0.351 e. The van der Waals surface area contributed by atoms with Gasteiger partial charge < -0.3 is 5.73 Å². The Morgan fingerprint density at radius 3 is 2.96 bits per heavy atom. The number of carbonyl (C=O) groups excluding carboxylic acids is 1. The van der Waals surface area contributed by atoms with Gasteiger partial charge in [-0.15, -0.1) is 0 Å². The van der Waals surface area contributed by atoms with Crippen LogP contribution in [-0.4, -0.2) is 39.7 Å². The Morgan fingerprint density at radius 1 is 1.27 bits per heavy atom. The van der Waals surface area contributed by atoms with Gasteiger partial charge in [-0.1, -0.05) is 18.2 Å². The number of aromatic nitrogens is 2. The maximum absolute atomic E-state index is 13.6. The molecule has 1 amide bonds. The lowest BCUT2D eigenvalue weighted by atomic mass is 10.0. The van der Waals surface area contributed by atoms with E-state index in [1.54, 1.807) is 12.4 Å². The molecule has 2 N–H and O–H groups in total. The molecule has 0 aliphatic carbocycles. The number of hydrogen-bond donors (Lipinski definition) is 1. The van der Waals surface area contributed by atoms with Crippen LogP contribution in [0.1, 0.15) is 18.4 Å². The molecule has 6 heteroatoms. The molecule has 5 nitrogen and oxygen atoms in total. The number of alkyl halides is 1. The molecule has 4 rings (SSSR count). The summed E-state index contributed by atoms with van der Waals surface area (Å²) < 4.78 is 14.9. The molecule has 0 saturated carbocycles. The lowest BCUT2D eigenvalue weighted by Crippen LogP contribution is -2.35. The first-order valence-corrected chi connectivity index (χ1v) is 8.83. The van der Waals surface area contributed by atoms with Crippen LogP contribution in [0.25, 0.3) is 22.2 Å². The maximum Gasteiger partial charge on any atom is 0.324 e. The second-order valence-electron chi connectivity index (χ2n) is 6.84. The predicted molar refractivity (Wildman–Crippen MR) is 99.6 cm³/mol. The number of amides is 1. The second kappa shape index (κ2) is 6.88. The lowest BCUT2D eigenvalue weighted by Gasteiger charge is -2.28. The van der Waals surface area contributed by atoms with Gasteiger partial charge in [0.2, 0.25) is 0 Å². The van der Waals surface area contributed by atoms with Gasteiger partial charge in [-0.05, 0) is 48.7 Å². The topological polar surface area (TPSA) is 64.2 Å². The summed E-state index contributed by atoms with van der Waals surface area (Å²) in [6.45, 7) is 2.21. The zero-order valence-electron chi connectivity index (χ0n) is 14.4. The van der Waals surface area contributed by atoms with Gasteiger partial charge in [0.25, 0.3) is 0 Å². The molecule has 3 aromatic rings. The summed E-state index contributed by atoms with van der Waals surface area (Å²) in [5, 5.41) is 0.864. The second-order valence-corrected chi connectivity index (χ2v) is 6.84. The smallest absolute Gasteiger partial charge is 0.324 e. The Bertz CT molecular complexity index is 952. The number of hydrogen-bond acceptors (Lipinski definition) is 3. The van der Waals surface area contributed by atoms with E-state index in [0.29, 0.717) is 18.6 Å². The molecule has 1 saturated heterocycles. The minimum Gasteiger partial charge on any atom is -0.351 e. The highest BCUT2D eigenvalue weighted by Gasteiger charge is 2.19. The molecule has 0 radical (unpaired) electrons. The molecular formula is C20H21FN4O. The van der Waals surface area contributed by atoms with Crippen molar-refractivity contribution < 1.29 is 9.18 Å². The Balaban J connectivity index is 1.59. The maximum atomic E-state index is 13.6. The van der Waals surface area contributed by atoms with Crippen LogP contribution in [0.15, 0.2) is 48.8 Å². The van der Waals surface area contributed by atoms with Gasteiger partial charge in [0.1, 0.15) is 11.8 Å². The number of piperidine rings is 1. The monoisotopic (exact) mass is 352 g/mol. The summed E-state index contributed by atoms with van der Waals surface area (Å²) in [7, 11) is 0. The Morgan fingerprint density at radius 2 is 2.15 bits per heavy atom. The fourth-order valence-corrected chi connectivity index (χ4v) is 3.61. The molecule has 1 aliphatic rings. The number of nitrogens with two attached hydrogens (primary N) is 1. The van der Waals surface area contributed by atoms with Crippen molar-refractivity contribution in [3.8, 4) is 11.1 Å². The summed E-state index contributed by atoms with van der Waals surface area (Å²) in [6, 6.07) is 11.5. The minimum absolute atomic E-state index is 0.512. The van der Waals surface area contributed by atoms with Gasteiger partial charge in [0.15, 0.2) is 0 Å². The molecule has 3 heterocycles. The summed E-state index contributed by atoms with van der Waals surface area (Å²) in [5.41, 5.74) is 9.09. The van der Waals surface area contributed by atoms with Crippen molar-refractivity contribution in [2.45, 2.75) is 25.6 Å². The number of carbonyl (C=O) groups is 1. The average Bonchev–Trinajstić information content (AvgIpc) is 3.05. The molecule has 1 aromatic carbocycles. The van der Waals surface area contributed by atoms with Gasteiger partial charge in [0, 0.05) is 36.4 Å². The molecule has 1 aliphatic heterocycles. The van der Waals surface area contributed by atoms with Crippen molar-refractivity contribution in [1.82, 2.24) is 14.5 Å². The summed E-state index contributed by atoms with van der Waals surface area (Å²) in [6.07, 6.45) is 4.25. The molecule has 0 spiro atoms. The van der Waals surface area contributed by atoms with Crippen molar-refractivity contribution in [3.63, 3.8) is 0 Å². The number of halogens is 1. The minimum atomic E-state index is -0.715. The quantitative estimate of drug-likeness (QED) is 0.784. The van der Waals surface area contributed by atoms with Crippen molar-refractivity contribution in [3.05, 3.63) is 54.4 Å². The van der Waals surface area contributed by atoms with Crippen LogP contribution >= 0.6 is 0 Å². The third-order valence-electron chi connectivity index (χ3n) is 4.88. The fraction of sp³-hybridized carbons (Fsp3) is 0.300. The normalized spacial score (nSPS) is 18.3. The number of fused-ring (bicyclic) bond motifs is 1. The first kappa shape index (κ1) is 16.7. The molecule has 1 unspecified atom stereocenters. The van der Waals surface area contributed by atoms with E-state index in [1.165, 1.54) is 4.57 Å². The lowest BCUT2D eigenvalue weighted by molar-refractivity contribution is 0.133. The van der Waals surface area contributed by atoms with Crippen molar-refractivity contribution in [1.29, 1.82) is 0 Å². The van der Waals surface area contributed by atoms with Crippen LogP contribution in [0.3, 0.4) is 0 Å². The van der Waals surface area contributed by atoms with Crippen molar-refractivity contribution in [2.24, 2.45) is 5.73 Å². The third-order valence-corrected chi connectivity index (χ3v) is 4.88. The van der Waals surface area contributed by atoms with E-state index >= 15 is 0 Å². The molecule has 0 bridgehead atoms. The standard InChI is InChI=1S/C20H21FN4O/c21-18-5-2-7-24(13-18)12-14-3-1-4-15(9-14)17-10-16-6-8-25(20(22)26)19(16)23-11-17/h1,3-4,6,8-11,18H,2,5,7,12-13H2,(H2,22,26). The summed E-state index contributed by atoms with van der Waals surface area (Å²) in [5.74, 6) is 0. The van der Waals surface area contributed by atoms with Crippen molar-refractivity contribution >= 4 is 17.1 Å². The van der Waals surface area contributed by atoms with Crippen LogP contribution < -0.4 is 5.73 Å². The molecule has 2 aromatic heterocycles. The highest BCUT2D eigenvalue weighted by atomic mass is 19.1. The van der Waals surface area contributed by atoms with E-state index in [4.69, 9.17) is 5.73 Å². The zero-order chi connectivity index (χ0) is 18.1. The van der Waals surface area contributed by atoms with Crippen LogP contribution in [0.4, 0.5) is 9.18 Å². The number of pyridine rings is 1. The number of rotatable bonds is 3. The average molecular weight is 352 g/mol. The van der Waals surface area contributed by atoms with Crippen LogP contribution in [0.5, 0.6) is 0 Å². The van der Waals surface area contributed by atoms with Gasteiger partial charge in [-0.3, -0.25) is 9.47 Å². The number of nitrogens with zero attached hydrogens (tertiary/aromatic N) is 3. The Labute approximate surface area is 151 Å². The molecular weight excluding hydrogens is 331 g/mol. The third kappa shape index (κ3) is 3.32. The van der Waals surface area contributed by atoms with Gasteiger partial charge in [-0.2, -0.15) is 0 Å². The van der Waals surface area contributed by atoms with Crippen LogP contribution in [0.2, 0.25) is 0 Å². The SMILES string of the molecule is NC(=O)n1ccc2cc(-c3cccc(CN4CCCC(F)C4)c3)cnc21. The van der Waals surface area contributed by atoms with E-state index in [2.05, 4.69) is 22.0 Å². The molecule has 134 valence electrons. The predicted octanol–water partition coefficient (Wildman–Crippen LogP) is 3.56. The summed E-state index contributed by atoms with van der Waals surface area (Å²) in [4.78, 5) is 18.0. The number of benzene rings is 1. The van der Waals surface area contributed by atoms with Crippen molar-refractivity contribution in [2.75, 3.05) is 13.1 Å². The Hall–Kier alpha value is -2.73. The molecule has 1 fully saturated rings. The van der Waals surface area contributed by atoms with E-state index < -0.39 is 12.2 Å². The van der Waals surface area contributed by atoms with E-state index in [-0.39, 0.29) is 0 Å². The highest BCUT2D eigenvalue weighted by Crippen LogP contribution is 2.25. The fourth-order valence-electron chi connectivity index (χ4n) is 3.61. The van der Waals surface area contributed by atoms with E-state index in [1.807, 2.05) is 24.3 Å². The number of primary amides is 1. The van der Waals surface area contributed by atoms with Gasteiger partial charge >= 0.3 is 6.03 Å². The zero-order valence-corrected chi connectivity index (χ0v) is 14.4. The Kier molecular flexibility index (Phi) is 4.42. The van der Waals surface area contributed by atoms with E-state index in [0.717, 1.165) is 41.6 Å². The first-order valence-electron chi connectivity index (χ1n) is 8.83.